The quantitative estimate of drug-likeness (QED) is 0.736. The SMILES string of the molecule is NC(CCS(=O)(=O)F)C1CCCCC1. The normalized spacial score (nSPS) is 22.1. The van der Waals surface area contributed by atoms with Crippen molar-refractivity contribution in [3.05, 3.63) is 0 Å². The second-order valence-electron chi connectivity index (χ2n) is 4.09. The first-order valence-electron chi connectivity index (χ1n) is 5.17. The summed E-state index contributed by atoms with van der Waals surface area (Å²) in [5, 5.41) is 0. The Morgan fingerprint density at radius 3 is 2.36 bits per heavy atom. The molecule has 1 fully saturated rings. The van der Waals surface area contributed by atoms with E-state index in [-0.39, 0.29) is 12.5 Å². The lowest BCUT2D eigenvalue weighted by molar-refractivity contribution is 0.300. The lowest BCUT2D eigenvalue weighted by Gasteiger charge is -2.26. The minimum absolute atomic E-state index is 0.152. The number of nitrogens with two attached hydrogens (primary N) is 1. The van der Waals surface area contributed by atoms with E-state index < -0.39 is 16.0 Å². The van der Waals surface area contributed by atoms with Crippen molar-refractivity contribution in [3.63, 3.8) is 0 Å². The maximum absolute atomic E-state index is 12.2. The van der Waals surface area contributed by atoms with Crippen LogP contribution < -0.4 is 5.73 Å². The molecule has 84 valence electrons. The average molecular weight is 223 g/mol. The Bertz CT molecular complexity index is 260. The molecule has 1 rings (SSSR count). The van der Waals surface area contributed by atoms with Gasteiger partial charge in [0.15, 0.2) is 0 Å². The van der Waals surface area contributed by atoms with Crippen molar-refractivity contribution in [2.45, 2.75) is 44.6 Å². The van der Waals surface area contributed by atoms with Gasteiger partial charge in [-0.15, -0.1) is 3.89 Å². The fourth-order valence-corrected chi connectivity index (χ4v) is 2.63. The van der Waals surface area contributed by atoms with E-state index in [0.29, 0.717) is 5.92 Å². The molecule has 1 atom stereocenters. The molecule has 1 unspecified atom stereocenters. The average Bonchev–Trinajstić information content (AvgIpc) is 2.14. The summed E-state index contributed by atoms with van der Waals surface area (Å²) in [6.45, 7) is 0. The molecule has 0 aromatic carbocycles. The van der Waals surface area contributed by atoms with E-state index in [2.05, 4.69) is 0 Å². The van der Waals surface area contributed by atoms with E-state index in [4.69, 9.17) is 5.73 Å². The summed E-state index contributed by atoms with van der Waals surface area (Å²) in [7, 11) is -4.34. The van der Waals surface area contributed by atoms with Gasteiger partial charge in [-0.2, -0.15) is 8.42 Å². The molecule has 1 saturated carbocycles. The minimum atomic E-state index is -4.34. The zero-order valence-corrected chi connectivity index (χ0v) is 9.10. The van der Waals surface area contributed by atoms with Gasteiger partial charge >= 0.3 is 10.2 Å². The molecule has 0 saturated heterocycles. The molecule has 1 aliphatic carbocycles. The Kier molecular flexibility index (Phi) is 4.31. The summed E-state index contributed by atoms with van der Waals surface area (Å²) >= 11 is 0. The van der Waals surface area contributed by atoms with Gasteiger partial charge in [0, 0.05) is 6.04 Å². The van der Waals surface area contributed by atoms with Crippen LogP contribution in [0.5, 0.6) is 0 Å². The van der Waals surface area contributed by atoms with Crippen LogP contribution in [0.4, 0.5) is 3.89 Å². The molecule has 0 heterocycles. The van der Waals surface area contributed by atoms with E-state index in [0.717, 1.165) is 12.8 Å². The van der Waals surface area contributed by atoms with E-state index in [1.54, 1.807) is 0 Å². The third-order valence-corrected chi connectivity index (χ3v) is 3.67. The number of hydrogen-bond acceptors (Lipinski definition) is 3. The summed E-state index contributed by atoms with van der Waals surface area (Å²) < 4.78 is 32.8. The summed E-state index contributed by atoms with van der Waals surface area (Å²) in [6.07, 6.45) is 5.95. The first kappa shape index (κ1) is 11.9. The second kappa shape index (κ2) is 5.07. The first-order chi connectivity index (χ1) is 6.49. The Labute approximate surface area is 85.1 Å². The third kappa shape index (κ3) is 4.37. The highest BCUT2D eigenvalue weighted by atomic mass is 32.3. The molecule has 3 nitrogen and oxygen atoms in total. The van der Waals surface area contributed by atoms with Crippen LogP contribution >= 0.6 is 0 Å². The largest absolute Gasteiger partial charge is 0.327 e. The lowest BCUT2D eigenvalue weighted by Crippen LogP contribution is -2.33. The van der Waals surface area contributed by atoms with Crippen LogP contribution in [-0.2, 0) is 10.2 Å². The predicted octanol–water partition coefficient (Wildman–Crippen LogP) is 1.58. The van der Waals surface area contributed by atoms with Crippen molar-refractivity contribution in [3.8, 4) is 0 Å². The van der Waals surface area contributed by atoms with Crippen LogP contribution in [0, 0.1) is 5.92 Å². The van der Waals surface area contributed by atoms with Gasteiger partial charge in [-0.25, -0.2) is 0 Å². The summed E-state index contributed by atoms with van der Waals surface area (Å²) in [5.74, 6) is -0.0319. The van der Waals surface area contributed by atoms with Crippen LogP contribution in [0.3, 0.4) is 0 Å². The van der Waals surface area contributed by atoms with Crippen molar-refractivity contribution in [1.82, 2.24) is 0 Å². The zero-order chi connectivity index (χ0) is 10.6. The van der Waals surface area contributed by atoms with Crippen molar-refractivity contribution < 1.29 is 12.3 Å². The fourth-order valence-electron chi connectivity index (χ4n) is 2.07. The molecular formula is C9H18FNO2S. The van der Waals surface area contributed by atoms with E-state index >= 15 is 0 Å². The Morgan fingerprint density at radius 1 is 1.29 bits per heavy atom. The molecule has 5 heteroatoms. The smallest absolute Gasteiger partial charge is 0.302 e. The summed E-state index contributed by atoms with van der Waals surface area (Å²) in [4.78, 5) is 0. The Balaban J connectivity index is 2.30. The predicted molar refractivity (Wildman–Crippen MR) is 54.1 cm³/mol. The number of hydrogen-bond donors (Lipinski definition) is 1. The Morgan fingerprint density at radius 2 is 1.86 bits per heavy atom. The van der Waals surface area contributed by atoms with Crippen LogP contribution in [-0.4, -0.2) is 20.2 Å². The molecule has 2 N–H and O–H groups in total. The lowest BCUT2D eigenvalue weighted by atomic mass is 9.83. The van der Waals surface area contributed by atoms with Gasteiger partial charge in [-0.05, 0) is 25.2 Å². The van der Waals surface area contributed by atoms with Crippen LogP contribution in [0.25, 0.3) is 0 Å². The highest BCUT2D eigenvalue weighted by Gasteiger charge is 2.22. The van der Waals surface area contributed by atoms with Gasteiger partial charge < -0.3 is 5.73 Å². The fraction of sp³-hybridized carbons (Fsp3) is 1.00. The number of rotatable bonds is 4. The van der Waals surface area contributed by atoms with Gasteiger partial charge in [-0.3, -0.25) is 0 Å². The summed E-state index contributed by atoms with van der Waals surface area (Å²) in [5.41, 5.74) is 5.82. The van der Waals surface area contributed by atoms with Crippen LogP contribution in [0.2, 0.25) is 0 Å². The second-order valence-corrected chi connectivity index (χ2v) is 5.58. The van der Waals surface area contributed by atoms with Crippen molar-refractivity contribution in [2.75, 3.05) is 5.75 Å². The minimum Gasteiger partial charge on any atom is -0.327 e. The third-order valence-electron chi connectivity index (χ3n) is 2.95. The zero-order valence-electron chi connectivity index (χ0n) is 8.28. The highest BCUT2D eigenvalue weighted by Crippen LogP contribution is 2.26. The van der Waals surface area contributed by atoms with E-state index in [9.17, 15) is 12.3 Å². The number of halogens is 1. The standard InChI is InChI=1S/C9H18FNO2S/c10-14(12,13)7-6-9(11)8-4-2-1-3-5-8/h8-9H,1-7,11H2. The monoisotopic (exact) mass is 223 g/mol. The molecule has 14 heavy (non-hydrogen) atoms. The maximum atomic E-state index is 12.2. The van der Waals surface area contributed by atoms with Crippen LogP contribution in [0.15, 0.2) is 0 Å². The molecular weight excluding hydrogens is 205 g/mol. The van der Waals surface area contributed by atoms with E-state index in [1.165, 1.54) is 19.3 Å². The van der Waals surface area contributed by atoms with Crippen molar-refractivity contribution >= 4 is 10.2 Å². The van der Waals surface area contributed by atoms with Crippen molar-refractivity contribution in [2.24, 2.45) is 11.7 Å². The van der Waals surface area contributed by atoms with Gasteiger partial charge in [-0.1, -0.05) is 19.3 Å². The van der Waals surface area contributed by atoms with E-state index in [1.807, 2.05) is 0 Å². The molecule has 0 spiro atoms. The molecule has 0 amide bonds. The van der Waals surface area contributed by atoms with Gasteiger partial charge in [0.2, 0.25) is 0 Å². The maximum Gasteiger partial charge on any atom is 0.302 e. The van der Waals surface area contributed by atoms with Crippen LogP contribution in [0.1, 0.15) is 38.5 Å². The molecule has 1 aliphatic rings. The molecule has 0 aromatic rings. The molecule has 0 aromatic heterocycles. The molecule has 0 aliphatic heterocycles. The Hall–Kier alpha value is -0.160. The first-order valence-corrected chi connectivity index (χ1v) is 6.72. The molecule has 0 bridgehead atoms. The van der Waals surface area contributed by atoms with Gasteiger partial charge in [0.25, 0.3) is 0 Å². The summed E-state index contributed by atoms with van der Waals surface area (Å²) in [6, 6.07) is -0.152. The highest BCUT2D eigenvalue weighted by molar-refractivity contribution is 7.86. The topological polar surface area (TPSA) is 60.2 Å². The van der Waals surface area contributed by atoms with Crippen molar-refractivity contribution in [1.29, 1.82) is 0 Å². The molecule has 0 radical (unpaired) electrons. The van der Waals surface area contributed by atoms with Gasteiger partial charge in [0.05, 0.1) is 5.75 Å². The van der Waals surface area contributed by atoms with Gasteiger partial charge in [0.1, 0.15) is 0 Å².